The molecule has 9 heteroatoms. The first-order chi connectivity index (χ1) is 10.2. The molecule has 0 unspecified atom stereocenters. The molecule has 4 nitrogen and oxygen atoms in total. The lowest BCUT2D eigenvalue weighted by molar-refractivity contribution is -0.121. The average Bonchev–Trinajstić information content (AvgIpc) is 2.40. The van der Waals surface area contributed by atoms with Crippen LogP contribution in [-0.2, 0) is 4.79 Å². The summed E-state index contributed by atoms with van der Waals surface area (Å²) in [7, 11) is 0. The van der Waals surface area contributed by atoms with Crippen LogP contribution in [0.1, 0.15) is 19.8 Å². The van der Waals surface area contributed by atoms with Crippen LogP contribution in [0.15, 0.2) is 24.3 Å². The number of hydrogen-bond acceptors (Lipinski definition) is 2. The van der Waals surface area contributed by atoms with Crippen LogP contribution in [0.25, 0.3) is 0 Å². The molecule has 1 atom stereocenters. The van der Waals surface area contributed by atoms with E-state index in [1.165, 1.54) is 0 Å². The van der Waals surface area contributed by atoms with E-state index in [2.05, 4.69) is 16.0 Å². The number of nitrogens with one attached hydrogen (secondary N) is 3. The number of benzene rings is 1. The normalized spacial score (nSPS) is 12.4. The van der Waals surface area contributed by atoms with E-state index in [4.69, 9.17) is 58.6 Å². The Morgan fingerprint density at radius 1 is 1.27 bits per heavy atom. The highest BCUT2D eigenvalue weighted by molar-refractivity contribution is 7.80. The number of thiocarbonyl (C=S) groups is 1. The van der Waals surface area contributed by atoms with Crippen LogP contribution in [-0.4, -0.2) is 21.0 Å². The standard InChI is InChI=1S/C13H15Cl4N3OS/c1-2-5-10(21)19-11(13(15,16)17)20-12(22)18-9-7-4-3-6-8(9)14/h3-4,6-7,11H,2,5H2,1H3,(H,19,21)(H2,18,20,22)/t11-/m0/s1. The van der Waals surface area contributed by atoms with Crippen molar-refractivity contribution < 1.29 is 4.79 Å². The maximum atomic E-state index is 11.7. The lowest BCUT2D eigenvalue weighted by Crippen LogP contribution is -2.56. The Balaban J connectivity index is 2.71. The highest BCUT2D eigenvalue weighted by Gasteiger charge is 2.34. The highest BCUT2D eigenvalue weighted by Crippen LogP contribution is 2.29. The molecule has 1 aromatic rings. The van der Waals surface area contributed by atoms with Crippen LogP contribution in [0, 0.1) is 0 Å². The van der Waals surface area contributed by atoms with E-state index in [-0.39, 0.29) is 11.0 Å². The number of amides is 1. The third kappa shape index (κ3) is 6.75. The summed E-state index contributed by atoms with van der Waals surface area (Å²) in [6, 6.07) is 7.05. The van der Waals surface area contributed by atoms with Gasteiger partial charge in [0.25, 0.3) is 0 Å². The minimum atomic E-state index is -1.77. The summed E-state index contributed by atoms with van der Waals surface area (Å²) in [6.45, 7) is 1.88. The quantitative estimate of drug-likeness (QED) is 0.391. The van der Waals surface area contributed by atoms with Gasteiger partial charge >= 0.3 is 0 Å². The molecule has 0 aromatic heterocycles. The predicted octanol–water partition coefficient (Wildman–Crippen LogP) is 4.24. The Bertz CT molecular complexity index is 536. The van der Waals surface area contributed by atoms with Gasteiger partial charge in [-0.3, -0.25) is 4.79 Å². The third-order valence-electron chi connectivity index (χ3n) is 2.51. The number of alkyl halides is 3. The summed E-state index contributed by atoms with van der Waals surface area (Å²) in [5, 5.41) is 8.88. The molecule has 1 aromatic carbocycles. The molecule has 0 spiro atoms. The van der Waals surface area contributed by atoms with Crippen LogP contribution in [0.3, 0.4) is 0 Å². The molecule has 0 radical (unpaired) electrons. The Morgan fingerprint density at radius 3 is 2.45 bits per heavy atom. The summed E-state index contributed by atoms with van der Waals surface area (Å²) in [5.41, 5.74) is 0.601. The molecule has 3 N–H and O–H groups in total. The maximum absolute atomic E-state index is 11.7. The highest BCUT2D eigenvalue weighted by atomic mass is 35.6. The van der Waals surface area contributed by atoms with E-state index in [0.717, 1.165) is 0 Å². The molecule has 0 heterocycles. The summed E-state index contributed by atoms with van der Waals surface area (Å²) in [4.78, 5) is 11.7. The van der Waals surface area contributed by atoms with Crippen LogP contribution < -0.4 is 16.0 Å². The second-order valence-corrected chi connectivity index (χ2v) is 7.55. The molecule has 0 saturated carbocycles. The molecule has 22 heavy (non-hydrogen) atoms. The first-order valence-corrected chi connectivity index (χ1v) is 8.34. The third-order valence-corrected chi connectivity index (χ3v) is 3.71. The Kier molecular flexibility index (Phi) is 8.00. The molecule has 1 amide bonds. The minimum absolute atomic E-state index is 0.168. The summed E-state index contributed by atoms with van der Waals surface area (Å²) in [6.07, 6.45) is 0.0312. The molecule has 122 valence electrons. The zero-order valence-corrected chi connectivity index (χ0v) is 15.5. The van der Waals surface area contributed by atoms with Gasteiger partial charge < -0.3 is 16.0 Å². The summed E-state index contributed by atoms with van der Waals surface area (Å²) >= 11 is 28.8. The van der Waals surface area contributed by atoms with Gasteiger partial charge in [-0.25, -0.2) is 0 Å². The Morgan fingerprint density at radius 2 is 1.91 bits per heavy atom. The van der Waals surface area contributed by atoms with Crippen molar-refractivity contribution in [2.24, 2.45) is 0 Å². The largest absolute Gasteiger partial charge is 0.339 e. The Labute approximate surface area is 154 Å². The van der Waals surface area contributed by atoms with Gasteiger partial charge in [0.1, 0.15) is 6.17 Å². The van der Waals surface area contributed by atoms with Crippen molar-refractivity contribution in [3.05, 3.63) is 29.3 Å². The zero-order valence-electron chi connectivity index (χ0n) is 11.6. The minimum Gasteiger partial charge on any atom is -0.339 e. The molecule has 1 rings (SSSR count). The molecular formula is C13H15Cl4N3OS. The molecule has 0 aliphatic carbocycles. The fourth-order valence-corrected chi connectivity index (χ4v) is 2.25. The fourth-order valence-electron chi connectivity index (χ4n) is 1.51. The lowest BCUT2D eigenvalue weighted by atomic mass is 10.3. The van der Waals surface area contributed by atoms with Crippen molar-refractivity contribution in [1.29, 1.82) is 0 Å². The number of para-hydroxylation sites is 1. The van der Waals surface area contributed by atoms with Gasteiger partial charge in [-0.2, -0.15) is 0 Å². The first kappa shape index (κ1) is 19.6. The van der Waals surface area contributed by atoms with Crippen LogP contribution in [0.2, 0.25) is 5.02 Å². The number of halogens is 4. The van der Waals surface area contributed by atoms with Gasteiger partial charge in [-0.15, -0.1) is 0 Å². The second-order valence-electron chi connectivity index (χ2n) is 4.37. The molecule has 0 aliphatic heterocycles. The smallest absolute Gasteiger partial charge is 0.228 e. The number of carbonyl (C=O) groups is 1. The maximum Gasteiger partial charge on any atom is 0.228 e. The number of anilines is 1. The molecule has 0 aliphatic rings. The average molecular weight is 403 g/mol. The van der Waals surface area contributed by atoms with Crippen molar-refractivity contribution in [2.45, 2.75) is 29.7 Å². The van der Waals surface area contributed by atoms with E-state index in [1.807, 2.05) is 6.92 Å². The van der Waals surface area contributed by atoms with E-state index in [0.29, 0.717) is 23.6 Å². The molecular weight excluding hydrogens is 388 g/mol. The van der Waals surface area contributed by atoms with E-state index in [1.54, 1.807) is 24.3 Å². The van der Waals surface area contributed by atoms with Crippen molar-refractivity contribution >= 4 is 75.3 Å². The van der Waals surface area contributed by atoms with Crippen molar-refractivity contribution in [3.8, 4) is 0 Å². The van der Waals surface area contributed by atoms with Gasteiger partial charge in [-0.05, 0) is 30.8 Å². The van der Waals surface area contributed by atoms with E-state index < -0.39 is 9.96 Å². The summed E-state index contributed by atoms with van der Waals surface area (Å²) in [5.74, 6) is -0.244. The van der Waals surface area contributed by atoms with Crippen molar-refractivity contribution in [1.82, 2.24) is 10.6 Å². The topological polar surface area (TPSA) is 53.2 Å². The van der Waals surface area contributed by atoms with Crippen LogP contribution in [0.5, 0.6) is 0 Å². The van der Waals surface area contributed by atoms with Gasteiger partial charge in [0.05, 0.1) is 10.7 Å². The fraction of sp³-hybridized carbons (Fsp3) is 0.385. The monoisotopic (exact) mass is 401 g/mol. The first-order valence-electron chi connectivity index (χ1n) is 6.42. The van der Waals surface area contributed by atoms with Gasteiger partial charge in [0, 0.05) is 6.42 Å². The van der Waals surface area contributed by atoms with Crippen LogP contribution in [0.4, 0.5) is 5.69 Å². The van der Waals surface area contributed by atoms with E-state index in [9.17, 15) is 4.79 Å². The SMILES string of the molecule is CCCC(=O)N[C@@H](NC(=S)Nc1ccccc1Cl)C(Cl)(Cl)Cl. The predicted molar refractivity (Wildman–Crippen MR) is 97.9 cm³/mol. The number of hydrogen-bond donors (Lipinski definition) is 3. The summed E-state index contributed by atoms with van der Waals surface area (Å²) < 4.78 is -1.77. The van der Waals surface area contributed by atoms with Crippen molar-refractivity contribution in [3.63, 3.8) is 0 Å². The van der Waals surface area contributed by atoms with Crippen molar-refractivity contribution in [2.75, 3.05) is 5.32 Å². The molecule has 0 fully saturated rings. The second kappa shape index (κ2) is 8.99. The number of rotatable bonds is 5. The van der Waals surface area contributed by atoms with Gasteiger partial charge in [0.15, 0.2) is 5.11 Å². The zero-order chi connectivity index (χ0) is 16.8. The number of carbonyl (C=O) groups excluding carboxylic acids is 1. The molecule has 0 saturated heterocycles. The van der Waals surface area contributed by atoms with Gasteiger partial charge in [-0.1, -0.05) is 65.5 Å². The molecule has 0 bridgehead atoms. The Hall–Kier alpha value is -0.460. The van der Waals surface area contributed by atoms with Crippen LogP contribution >= 0.6 is 58.6 Å². The van der Waals surface area contributed by atoms with Gasteiger partial charge in [0.2, 0.25) is 9.70 Å². The lowest BCUT2D eigenvalue weighted by Gasteiger charge is -2.27. The van der Waals surface area contributed by atoms with E-state index >= 15 is 0 Å².